The molecule has 0 atom stereocenters. The van der Waals surface area contributed by atoms with Gasteiger partial charge in [-0.25, -0.2) is 10.9 Å². The molecule has 2 rings (SSSR count). The average Bonchev–Trinajstić information content (AvgIpc) is 2.76. The topological polar surface area (TPSA) is 101 Å². The highest BCUT2D eigenvalue weighted by Gasteiger charge is 2.11. The zero-order valence-electron chi connectivity index (χ0n) is 15.9. The predicted octanol–water partition coefficient (Wildman–Crippen LogP) is 1.31. The number of ether oxygens (including phenoxy) is 2. The van der Waals surface area contributed by atoms with E-state index in [1.165, 1.54) is 12.4 Å². The highest BCUT2D eigenvalue weighted by Crippen LogP contribution is 2.12. The number of amides is 2. The number of nitrogens with zero attached hydrogens (tertiary/aromatic N) is 2. The van der Waals surface area contributed by atoms with Crippen molar-refractivity contribution in [2.45, 2.75) is 0 Å². The summed E-state index contributed by atoms with van der Waals surface area (Å²) >= 11 is 0. The van der Waals surface area contributed by atoms with Crippen LogP contribution in [0.2, 0.25) is 0 Å². The van der Waals surface area contributed by atoms with E-state index >= 15 is 0 Å². The van der Waals surface area contributed by atoms with Gasteiger partial charge in [-0.3, -0.25) is 9.59 Å². The third-order valence-electron chi connectivity index (χ3n) is 3.33. The second kappa shape index (κ2) is 12.0. The molecule has 0 radical (unpaired) electrons. The van der Waals surface area contributed by atoms with Crippen LogP contribution in [0.5, 0.6) is 11.5 Å². The van der Waals surface area contributed by atoms with E-state index in [2.05, 4.69) is 32.9 Å². The normalized spacial score (nSPS) is 10.2. The molecule has 0 spiro atoms. The molecule has 150 valence electrons. The number of carbonyl (C=O) groups is 2. The summed E-state index contributed by atoms with van der Waals surface area (Å²) in [6.07, 6.45) is 13.0. The fraction of sp³-hybridized carbons (Fsp3) is 0.0909. The zero-order valence-corrected chi connectivity index (χ0v) is 15.9. The number of hydrogen-bond acceptors (Lipinski definition) is 6. The second-order valence-electron chi connectivity index (χ2n) is 5.53. The van der Waals surface area contributed by atoms with Gasteiger partial charge in [-0.15, -0.1) is 12.8 Å². The number of terminal acetylenes is 2. The smallest absolute Gasteiger partial charge is 0.331 e. The number of rotatable bonds is 8. The van der Waals surface area contributed by atoms with Gasteiger partial charge in [0.2, 0.25) is 0 Å². The molecule has 0 aromatic heterocycles. The molecule has 0 fully saturated rings. The van der Waals surface area contributed by atoms with Crippen LogP contribution in [0.3, 0.4) is 0 Å². The molecule has 30 heavy (non-hydrogen) atoms. The largest absolute Gasteiger partial charge is 0.481 e. The summed E-state index contributed by atoms with van der Waals surface area (Å²) < 4.78 is 10.6. The van der Waals surface area contributed by atoms with E-state index in [1.807, 2.05) is 0 Å². The van der Waals surface area contributed by atoms with Crippen molar-refractivity contribution < 1.29 is 19.1 Å². The number of carbonyl (C=O) groups excluding carboxylic acids is 2. The monoisotopic (exact) mass is 402 g/mol. The SMILES string of the molecule is C#CCOc1cccc(/C=N/NC(=O)C(=O)N/N=C/c2cccc(OCC#C)c2)c1. The fourth-order valence-corrected chi connectivity index (χ4v) is 2.05. The maximum absolute atomic E-state index is 11.8. The Morgan fingerprint density at radius 3 is 1.67 bits per heavy atom. The van der Waals surface area contributed by atoms with Gasteiger partial charge in [-0.05, 0) is 35.4 Å². The van der Waals surface area contributed by atoms with Gasteiger partial charge in [0.1, 0.15) is 24.7 Å². The van der Waals surface area contributed by atoms with Gasteiger partial charge in [0.25, 0.3) is 0 Å². The molecule has 2 N–H and O–H groups in total. The Morgan fingerprint density at radius 2 is 1.27 bits per heavy atom. The lowest BCUT2D eigenvalue weighted by molar-refractivity contribution is -0.139. The molecule has 0 heterocycles. The van der Waals surface area contributed by atoms with Crippen molar-refractivity contribution in [3.8, 4) is 36.2 Å². The van der Waals surface area contributed by atoms with E-state index in [-0.39, 0.29) is 13.2 Å². The summed E-state index contributed by atoms with van der Waals surface area (Å²) in [6.45, 7) is 0.278. The van der Waals surface area contributed by atoms with Gasteiger partial charge in [-0.2, -0.15) is 10.2 Å². The van der Waals surface area contributed by atoms with E-state index in [1.54, 1.807) is 48.5 Å². The molecule has 2 amide bonds. The van der Waals surface area contributed by atoms with Gasteiger partial charge >= 0.3 is 11.8 Å². The highest BCUT2D eigenvalue weighted by atomic mass is 16.5. The third-order valence-corrected chi connectivity index (χ3v) is 3.33. The quantitative estimate of drug-likeness (QED) is 0.301. The van der Waals surface area contributed by atoms with Crippen molar-refractivity contribution in [3.63, 3.8) is 0 Å². The summed E-state index contributed by atoms with van der Waals surface area (Å²) in [4.78, 5) is 23.5. The van der Waals surface area contributed by atoms with E-state index in [9.17, 15) is 9.59 Å². The zero-order chi connectivity index (χ0) is 21.6. The van der Waals surface area contributed by atoms with Gasteiger partial charge in [0, 0.05) is 0 Å². The van der Waals surface area contributed by atoms with Crippen LogP contribution in [0.4, 0.5) is 0 Å². The maximum atomic E-state index is 11.8. The number of nitrogens with one attached hydrogen (secondary N) is 2. The Hall–Kier alpha value is -4.56. The van der Waals surface area contributed by atoms with Crippen molar-refractivity contribution in [2.24, 2.45) is 10.2 Å². The Balaban J connectivity index is 1.83. The van der Waals surface area contributed by atoms with Crippen LogP contribution >= 0.6 is 0 Å². The minimum Gasteiger partial charge on any atom is -0.481 e. The standard InChI is InChI=1S/C22H18N4O4/c1-3-11-29-19-9-5-7-17(13-19)15-23-25-21(27)22(28)26-24-16-18-8-6-10-20(14-18)30-12-4-2/h1-2,5-10,13-16H,11-12H2,(H,25,27)(H,26,28)/b23-15+,24-16+. The molecule has 2 aromatic rings. The van der Waals surface area contributed by atoms with Crippen molar-refractivity contribution in [3.05, 3.63) is 59.7 Å². The first-order valence-electron chi connectivity index (χ1n) is 8.61. The van der Waals surface area contributed by atoms with Gasteiger partial charge in [0.15, 0.2) is 0 Å². The number of benzene rings is 2. The van der Waals surface area contributed by atoms with Crippen LogP contribution in [0.15, 0.2) is 58.7 Å². The Morgan fingerprint density at radius 1 is 0.833 bits per heavy atom. The summed E-state index contributed by atoms with van der Waals surface area (Å²) in [5.74, 6) is 3.89. The van der Waals surface area contributed by atoms with E-state index in [0.717, 1.165) is 0 Å². The van der Waals surface area contributed by atoms with E-state index in [0.29, 0.717) is 22.6 Å². The number of hydrogen-bond donors (Lipinski definition) is 2. The minimum atomic E-state index is -0.978. The summed E-state index contributed by atoms with van der Waals surface area (Å²) in [5, 5.41) is 7.45. The molecule has 2 aromatic carbocycles. The van der Waals surface area contributed by atoms with E-state index < -0.39 is 11.8 Å². The van der Waals surface area contributed by atoms with Crippen molar-refractivity contribution in [2.75, 3.05) is 13.2 Å². The van der Waals surface area contributed by atoms with Crippen LogP contribution in [0, 0.1) is 24.7 Å². The molecule has 0 aliphatic heterocycles. The first kappa shape index (κ1) is 21.7. The molecule has 0 unspecified atom stereocenters. The first-order chi connectivity index (χ1) is 14.6. The van der Waals surface area contributed by atoms with Gasteiger partial charge < -0.3 is 9.47 Å². The Bertz CT molecular complexity index is 948. The van der Waals surface area contributed by atoms with Crippen LogP contribution in [-0.2, 0) is 9.59 Å². The average molecular weight is 402 g/mol. The lowest BCUT2D eigenvalue weighted by Gasteiger charge is -2.03. The van der Waals surface area contributed by atoms with Crippen LogP contribution in [0.1, 0.15) is 11.1 Å². The minimum absolute atomic E-state index is 0.139. The lowest BCUT2D eigenvalue weighted by Crippen LogP contribution is -2.35. The van der Waals surface area contributed by atoms with Crippen LogP contribution < -0.4 is 20.3 Å². The molecule has 0 aliphatic carbocycles. The molecular weight excluding hydrogens is 384 g/mol. The van der Waals surface area contributed by atoms with Crippen LogP contribution in [0.25, 0.3) is 0 Å². The molecule has 8 nitrogen and oxygen atoms in total. The first-order valence-corrected chi connectivity index (χ1v) is 8.61. The Labute approximate surface area is 174 Å². The molecule has 0 aliphatic rings. The molecule has 8 heteroatoms. The van der Waals surface area contributed by atoms with Gasteiger partial charge in [-0.1, -0.05) is 36.1 Å². The highest BCUT2D eigenvalue weighted by molar-refractivity contribution is 6.35. The fourth-order valence-electron chi connectivity index (χ4n) is 2.05. The molecule has 0 saturated heterocycles. The van der Waals surface area contributed by atoms with E-state index in [4.69, 9.17) is 22.3 Å². The maximum Gasteiger partial charge on any atom is 0.331 e. The summed E-state index contributed by atoms with van der Waals surface area (Å²) in [5.41, 5.74) is 5.51. The van der Waals surface area contributed by atoms with Crippen molar-refractivity contribution >= 4 is 24.2 Å². The predicted molar refractivity (Wildman–Crippen MR) is 113 cm³/mol. The Kier molecular flexibility index (Phi) is 8.70. The molecular formula is C22H18N4O4. The second-order valence-corrected chi connectivity index (χ2v) is 5.53. The van der Waals surface area contributed by atoms with Crippen LogP contribution in [-0.4, -0.2) is 37.5 Å². The molecule has 0 saturated carbocycles. The summed E-state index contributed by atoms with van der Waals surface area (Å²) in [6, 6.07) is 13.8. The number of hydrazone groups is 2. The lowest BCUT2D eigenvalue weighted by atomic mass is 10.2. The third kappa shape index (κ3) is 7.59. The molecule has 0 bridgehead atoms. The van der Waals surface area contributed by atoms with Gasteiger partial charge in [0.05, 0.1) is 12.4 Å². The van der Waals surface area contributed by atoms with Crippen molar-refractivity contribution in [1.29, 1.82) is 0 Å². The van der Waals surface area contributed by atoms with Crippen molar-refractivity contribution in [1.82, 2.24) is 10.9 Å². The summed E-state index contributed by atoms with van der Waals surface area (Å²) in [7, 11) is 0.